The fourth-order valence-electron chi connectivity index (χ4n) is 4.81. The first-order chi connectivity index (χ1) is 16.3. The van der Waals surface area contributed by atoms with Crippen LogP contribution in [0.1, 0.15) is 52.8 Å². The molecule has 5 rings (SSSR count). The van der Waals surface area contributed by atoms with Crippen LogP contribution in [-0.2, 0) is 13.1 Å². The first kappa shape index (κ1) is 23.0. The molecule has 2 aliphatic rings. The average Bonchev–Trinajstić information content (AvgIpc) is 3.49. The van der Waals surface area contributed by atoms with Crippen LogP contribution in [0.15, 0.2) is 18.2 Å². The van der Waals surface area contributed by atoms with E-state index in [4.69, 9.17) is 16.3 Å². The van der Waals surface area contributed by atoms with Crippen LogP contribution in [0.3, 0.4) is 0 Å². The van der Waals surface area contributed by atoms with E-state index in [1.807, 2.05) is 20.8 Å². The number of benzene rings is 1. The summed E-state index contributed by atoms with van der Waals surface area (Å²) in [4.78, 5) is 19.6. The summed E-state index contributed by atoms with van der Waals surface area (Å²) in [6.45, 7) is 6.42. The van der Waals surface area contributed by atoms with Crippen molar-refractivity contribution in [2.24, 2.45) is 0 Å². The molecule has 4 heterocycles. The van der Waals surface area contributed by atoms with Crippen LogP contribution in [-0.4, -0.2) is 50.3 Å². The van der Waals surface area contributed by atoms with Gasteiger partial charge >= 0.3 is 0 Å². The minimum atomic E-state index is -0.939. The van der Waals surface area contributed by atoms with E-state index >= 15 is 0 Å². The quantitative estimate of drug-likeness (QED) is 0.583. The van der Waals surface area contributed by atoms with E-state index < -0.39 is 12.0 Å². The second-order valence-electron chi connectivity index (χ2n) is 9.00. The fraction of sp³-hybridized carbons (Fsp3) is 0.458. The zero-order valence-corrected chi connectivity index (χ0v) is 20.0. The van der Waals surface area contributed by atoms with Crippen molar-refractivity contribution in [3.05, 3.63) is 57.2 Å². The first-order valence-corrected chi connectivity index (χ1v) is 11.8. The predicted octanol–water partition coefficient (Wildman–Crippen LogP) is 4.15. The van der Waals surface area contributed by atoms with Crippen LogP contribution in [0.25, 0.3) is 5.65 Å². The molecule has 0 bridgehead atoms. The molecule has 0 saturated carbocycles. The van der Waals surface area contributed by atoms with Gasteiger partial charge in [0.2, 0.25) is 0 Å². The number of hydrogen-bond donors (Lipinski definition) is 1. The summed E-state index contributed by atoms with van der Waals surface area (Å²) in [6, 6.07) is 3.47. The van der Waals surface area contributed by atoms with Crippen LogP contribution in [0.5, 0.6) is 5.75 Å². The number of nitrogens with one attached hydrogen (secondary N) is 1. The number of alkyl halides is 1. The van der Waals surface area contributed by atoms with Gasteiger partial charge in [0.05, 0.1) is 40.8 Å². The molecule has 2 aliphatic heterocycles. The van der Waals surface area contributed by atoms with Gasteiger partial charge in [-0.15, -0.1) is 0 Å². The lowest BCUT2D eigenvalue weighted by atomic mass is 10.1. The van der Waals surface area contributed by atoms with Crippen LogP contribution < -0.4 is 10.1 Å². The number of hydrogen-bond acceptors (Lipinski definition) is 5. The molecule has 180 valence electrons. The second-order valence-corrected chi connectivity index (χ2v) is 9.38. The van der Waals surface area contributed by atoms with E-state index in [0.29, 0.717) is 42.3 Å². The van der Waals surface area contributed by atoms with E-state index in [2.05, 4.69) is 15.4 Å². The van der Waals surface area contributed by atoms with Gasteiger partial charge in [-0.2, -0.15) is 5.10 Å². The maximum absolute atomic E-state index is 14.1. The topological polar surface area (TPSA) is 71.8 Å². The molecule has 0 aliphatic carbocycles. The van der Waals surface area contributed by atoms with Crippen molar-refractivity contribution in [3.63, 3.8) is 0 Å². The Balaban J connectivity index is 1.35. The smallest absolute Gasteiger partial charge is 0.258 e. The van der Waals surface area contributed by atoms with Crippen LogP contribution in [0.2, 0.25) is 5.02 Å². The largest absolute Gasteiger partial charge is 0.491 e. The van der Waals surface area contributed by atoms with Gasteiger partial charge < -0.3 is 15.0 Å². The van der Waals surface area contributed by atoms with Gasteiger partial charge in [-0.3, -0.25) is 4.79 Å². The van der Waals surface area contributed by atoms with E-state index in [-0.39, 0.29) is 35.9 Å². The highest BCUT2D eigenvalue weighted by Gasteiger charge is 2.34. The van der Waals surface area contributed by atoms with Crippen molar-refractivity contribution < 1.29 is 18.3 Å². The third-order valence-electron chi connectivity index (χ3n) is 6.69. The first-order valence-electron chi connectivity index (χ1n) is 11.4. The van der Waals surface area contributed by atoms with Gasteiger partial charge in [0.1, 0.15) is 24.3 Å². The number of ether oxygens (including phenoxy) is 1. The van der Waals surface area contributed by atoms with Crippen molar-refractivity contribution >= 4 is 23.2 Å². The van der Waals surface area contributed by atoms with Gasteiger partial charge in [0.15, 0.2) is 5.65 Å². The van der Waals surface area contributed by atoms with Gasteiger partial charge in [0, 0.05) is 23.7 Å². The molecule has 3 unspecified atom stereocenters. The Morgan fingerprint density at radius 2 is 2.12 bits per heavy atom. The van der Waals surface area contributed by atoms with Crippen LogP contribution in [0.4, 0.5) is 8.78 Å². The lowest BCUT2D eigenvalue weighted by Crippen LogP contribution is -2.35. The van der Waals surface area contributed by atoms with Crippen molar-refractivity contribution in [3.8, 4) is 5.75 Å². The summed E-state index contributed by atoms with van der Waals surface area (Å²) < 4.78 is 35.6. The van der Waals surface area contributed by atoms with E-state index in [1.54, 1.807) is 9.42 Å². The lowest BCUT2D eigenvalue weighted by Gasteiger charge is -2.20. The third-order valence-corrected chi connectivity index (χ3v) is 7.24. The van der Waals surface area contributed by atoms with E-state index in [0.717, 1.165) is 17.0 Å². The maximum Gasteiger partial charge on any atom is 0.258 e. The Bertz CT molecular complexity index is 1280. The summed E-state index contributed by atoms with van der Waals surface area (Å²) in [5.41, 5.74) is 4.06. The zero-order chi connectivity index (χ0) is 24.1. The maximum atomic E-state index is 14.1. The third kappa shape index (κ3) is 3.90. The molecule has 0 radical (unpaired) electrons. The lowest BCUT2D eigenvalue weighted by molar-refractivity contribution is 0.0744. The van der Waals surface area contributed by atoms with Crippen LogP contribution in [0, 0.1) is 19.7 Å². The molecule has 1 amide bonds. The Labute approximate surface area is 201 Å². The second kappa shape index (κ2) is 8.78. The summed E-state index contributed by atoms with van der Waals surface area (Å²) in [5.74, 6) is -0.643. The minimum absolute atomic E-state index is 0.150. The normalized spacial score (nSPS) is 21.9. The molecule has 2 aromatic heterocycles. The number of halogens is 3. The molecule has 3 atom stereocenters. The number of carbonyl (C=O) groups is 1. The molecule has 0 spiro atoms. The molecule has 1 aromatic carbocycles. The fourth-order valence-corrected chi connectivity index (χ4v) is 4.93. The van der Waals surface area contributed by atoms with E-state index in [1.165, 1.54) is 18.2 Å². The number of aromatic nitrogens is 3. The number of aryl methyl sites for hydroxylation is 2. The van der Waals surface area contributed by atoms with Gasteiger partial charge in [-0.05, 0) is 38.8 Å². The Hall–Kier alpha value is -2.78. The van der Waals surface area contributed by atoms with E-state index in [9.17, 15) is 13.6 Å². The minimum Gasteiger partial charge on any atom is -0.491 e. The van der Waals surface area contributed by atoms with Gasteiger partial charge in [-0.25, -0.2) is 18.3 Å². The monoisotopic (exact) mass is 489 g/mol. The summed E-state index contributed by atoms with van der Waals surface area (Å²) >= 11 is 6.31. The van der Waals surface area contributed by atoms with Gasteiger partial charge in [-0.1, -0.05) is 18.5 Å². The van der Waals surface area contributed by atoms with Gasteiger partial charge in [0.25, 0.3) is 5.91 Å². The Kier molecular flexibility index (Phi) is 5.93. The molecule has 10 heteroatoms. The predicted molar refractivity (Wildman–Crippen MR) is 123 cm³/mol. The van der Waals surface area contributed by atoms with Crippen LogP contribution >= 0.6 is 11.6 Å². The van der Waals surface area contributed by atoms with Crippen molar-refractivity contribution in [1.29, 1.82) is 0 Å². The highest BCUT2D eigenvalue weighted by Crippen LogP contribution is 2.32. The number of amides is 1. The van der Waals surface area contributed by atoms with Crippen molar-refractivity contribution in [2.45, 2.75) is 65.0 Å². The molecular formula is C24H26ClF2N5O2. The number of fused-ring (bicyclic) bond motifs is 3. The van der Waals surface area contributed by atoms with Crippen molar-refractivity contribution in [2.75, 3.05) is 6.61 Å². The Morgan fingerprint density at radius 3 is 2.85 bits per heavy atom. The number of rotatable bonds is 5. The molecule has 3 aromatic rings. The molecule has 7 nitrogen and oxygen atoms in total. The molecular weight excluding hydrogens is 464 g/mol. The summed E-state index contributed by atoms with van der Waals surface area (Å²) in [6.07, 6.45) is 0.0695. The summed E-state index contributed by atoms with van der Waals surface area (Å²) in [7, 11) is 0. The standard InChI is InChI=1S/C24H26ClF2N5O2/c1-4-19-18(27)8-15(29-19)11-34-21-7-14(26)5-6-16(21)24(33)31-9-17-20(10-31)30-32-13(3)22(25)12(2)28-23(17)32/h5-7,15,18-19,29H,4,8-11H2,1-3H3. The number of carbonyl (C=O) groups excluding carboxylic acids is 1. The average molecular weight is 490 g/mol. The van der Waals surface area contributed by atoms with Crippen molar-refractivity contribution in [1.82, 2.24) is 24.8 Å². The molecule has 1 saturated heterocycles. The zero-order valence-electron chi connectivity index (χ0n) is 19.2. The molecule has 1 fully saturated rings. The molecule has 34 heavy (non-hydrogen) atoms. The highest BCUT2D eigenvalue weighted by molar-refractivity contribution is 6.31. The molecule has 1 N–H and O–H groups in total. The highest BCUT2D eigenvalue weighted by atomic mass is 35.5. The number of nitrogens with zero attached hydrogens (tertiary/aromatic N) is 4. The summed E-state index contributed by atoms with van der Waals surface area (Å²) in [5, 5.41) is 8.38. The Morgan fingerprint density at radius 1 is 1.32 bits per heavy atom. The SMILES string of the molecule is CCC1NC(COc2cc(F)ccc2C(=O)N2Cc3nn4c(C)c(Cl)c(C)nc4c3C2)CC1F.